The summed E-state index contributed by atoms with van der Waals surface area (Å²) in [6.07, 6.45) is 0.124. The number of fused-ring (bicyclic) bond motifs is 3. The summed E-state index contributed by atoms with van der Waals surface area (Å²) in [6, 6.07) is 34.6. The Morgan fingerprint density at radius 1 is 0.796 bits per heavy atom. The molecule has 49 heavy (non-hydrogen) atoms. The van der Waals surface area contributed by atoms with Crippen molar-refractivity contribution in [3.8, 4) is 22.5 Å². The van der Waals surface area contributed by atoms with E-state index < -0.39 is 25.0 Å². The van der Waals surface area contributed by atoms with Crippen LogP contribution >= 0.6 is 0 Å². The summed E-state index contributed by atoms with van der Waals surface area (Å²) in [6.45, 7) is 9.95. The van der Waals surface area contributed by atoms with Crippen LogP contribution in [0.1, 0.15) is 79.1 Å². The quantitative estimate of drug-likeness (QED) is 0.162. The Morgan fingerprint density at radius 3 is 2.29 bits per heavy atom. The summed E-state index contributed by atoms with van der Waals surface area (Å²) >= 11 is 0. The first-order chi connectivity index (χ1) is 25.7. The van der Waals surface area contributed by atoms with Gasteiger partial charge in [-0.2, -0.15) is 0 Å². The van der Waals surface area contributed by atoms with Gasteiger partial charge in [0.1, 0.15) is 0 Å². The Balaban J connectivity index is 0.000000244. The van der Waals surface area contributed by atoms with Gasteiger partial charge in [0.2, 0.25) is 5.71 Å². The Morgan fingerprint density at radius 2 is 1.61 bits per heavy atom. The molecule has 7 rings (SSSR count). The van der Waals surface area contributed by atoms with Gasteiger partial charge in [-0.3, -0.25) is 0 Å². The van der Waals surface area contributed by atoms with Crippen LogP contribution in [0.4, 0.5) is 0 Å². The maximum atomic E-state index is 8.64. The molecule has 0 amide bonds. The van der Waals surface area contributed by atoms with Gasteiger partial charge in [0.05, 0.1) is 5.58 Å². The van der Waals surface area contributed by atoms with Crippen LogP contribution in [0.5, 0.6) is 0 Å². The van der Waals surface area contributed by atoms with Crippen LogP contribution in [0.25, 0.3) is 44.6 Å². The first-order valence-electron chi connectivity index (χ1n) is 19.4. The molecule has 0 aliphatic carbocycles. The van der Waals surface area contributed by atoms with Gasteiger partial charge in [0, 0.05) is 59.5 Å². The fourth-order valence-electron chi connectivity index (χ4n) is 5.21. The van der Waals surface area contributed by atoms with E-state index in [1.54, 1.807) is 66.9 Å². The van der Waals surface area contributed by atoms with Crippen molar-refractivity contribution in [2.45, 2.75) is 66.6 Å². The summed E-state index contributed by atoms with van der Waals surface area (Å²) in [5.41, 5.74) is 5.89. The fraction of sp³-hybridized carbons (Fsp3) is 0.250. The van der Waals surface area contributed by atoms with Gasteiger partial charge in [-0.05, 0) is 57.9 Å². The van der Waals surface area contributed by atoms with Crippen LogP contribution in [-0.2, 0) is 38.3 Å². The molecule has 4 nitrogen and oxygen atoms in total. The van der Waals surface area contributed by atoms with E-state index in [4.69, 9.17) is 14.0 Å². The molecule has 0 fully saturated rings. The average Bonchev–Trinajstić information content (AvgIpc) is 3.53. The number of pyridine rings is 3. The van der Waals surface area contributed by atoms with Gasteiger partial charge in [0.25, 0.3) is 0 Å². The van der Waals surface area contributed by atoms with E-state index in [0.717, 1.165) is 22.0 Å². The molecule has 0 aliphatic rings. The van der Waals surface area contributed by atoms with Gasteiger partial charge in [0.15, 0.2) is 0 Å². The summed E-state index contributed by atoms with van der Waals surface area (Å²) in [5, 5.41) is 1.59. The number of hydrogen-bond donors (Lipinski definition) is 0. The predicted molar refractivity (Wildman–Crippen MR) is 198 cm³/mol. The third-order valence-corrected chi connectivity index (χ3v) is 7.60. The second-order valence-electron chi connectivity index (χ2n) is 13.7. The van der Waals surface area contributed by atoms with E-state index in [0.29, 0.717) is 39.2 Å². The monoisotopic (exact) mass is 829 g/mol. The standard InChI is InChI=1S/C28H25N2O.C16H18N.Ir/c1-28(2,3)18-20-14-15-29-25(17-20)24-11-7-10-22-23-13-12-21(30-27(23)31-26(22)24)16-19-8-5-4-6-9-19;1-12-5-7-13(8-6-12)15-10-9-14(11-17-15)16(2,3)4;/h4-10,12-15,17H,16,18H2,1-3H3;5-7,9-11H,1-4H3;/q2*-1;/i16D2,18D2;1D3;. The summed E-state index contributed by atoms with van der Waals surface area (Å²) < 4.78 is 62.7. The van der Waals surface area contributed by atoms with Crippen molar-refractivity contribution in [2.24, 2.45) is 5.41 Å². The number of furan rings is 1. The molecule has 251 valence electrons. The number of aryl methyl sites for hydroxylation is 1. The molecule has 7 aromatic rings. The van der Waals surface area contributed by atoms with Crippen LogP contribution in [0, 0.1) is 24.4 Å². The van der Waals surface area contributed by atoms with Crippen LogP contribution in [0.2, 0.25) is 0 Å². The van der Waals surface area contributed by atoms with Crippen molar-refractivity contribution in [1.29, 1.82) is 0 Å². The molecule has 3 aromatic carbocycles. The molecule has 0 aliphatic heterocycles. The van der Waals surface area contributed by atoms with E-state index in [1.807, 2.05) is 57.3 Å². The molecule has 5 heteroatoms. The zero-order chi connectivity index (χ0) is 40.0. The van der Waals surface area contributed by atoms with E-state index in [-0.39, 0.29) is 31.2 Å². The van der Waals surface area contributed by atoms with Crippen molar-refractivity contribution >= 4 is 22.1 Å². The Hall–Kier alpha value is -4.44. The van der Waals surface area contributed by atoms with Gasteiger partial charge in [-0.1, -0.05) is 113 Å². The van der Waals surface area contributed by atoms with Crippen LogP contribution in [0.15, 0.2) is 114 Å². The second-order valence-corrected chi connectivity index (χ2v) is 13.7. The smallest absolute Gasteiger partial charge is 0.216 e. The van der Waals surface area contributed by atoms with Crippen LogP contribution < -0.4 is 0 Å². The van der Waals surface area contributed by atoms with E-state index in [2.05, 4.69) is 47.9 Å². The molecule has 4 heterocycles. The topological polar surface area (TPSA) is 51.8 Å². The summed E-state index contributed by atoms with van der Waals surface area (Å²) in [4.78, 5) is 13.5. The van der Waals surface area contributed by atoms with Crippen molar-refractivity contribution in [3.05, 3.63) is 150 Å². The minimum Gasteiger partial charge on any atom is -0.486 e. The van der Waals surface area contributed by atoms with Gasteiger partial charge >= 0.3 is 0 Å². The molecule has 0 saturated heterocycles. The molecule has 1 radical (unpaired) electrons. The first kappa shape index (κ1) is 27.4. The number of aromatic nitrogens is 3. The SMILES string of the molecule is [2H]C([2H])([2H])c1c[c-]c(-c2ccc(C(C)(C)C)cn2)cc1.[2H]C([2H])(c1ccccc1)c1ccc2c(n1)oc1c(-c3cc(C([2H])([2H])C(C)(C)C)ccn3)[c-]ccc12.[Ir]. The van der Waals surface area contributed by atoms with Crippen molar-refractivity contribution in [2.75, 3.05) is 0 Å². The Bertz CT molecular complexity index is 2380. The molecule has 0 atom stereocenters. The summed E-state index contributed by atoms with van der Waals surface area (Å²) in [7, 11) is 0. The van der Waals surface area contributed by atoms with Crippen molar-refractivity contribution in [3.63, 3.8) is 0 Å². The minimum atomic E-state index is -2.08. The average molecular weight is 829 g/mol. The third-order valence-electron chi connectivity index (χ3n) is 7.60. The molecular formula is C44H43IrN3O-2. The summed E-state index contributed by atoms with van der Waals surface area (Å²) in [5.74, 6) is 0. The molecule has 4 aromatic heterocycles. The zero-order valence-electron chi connectivity index (χ0n) is 35.5. The van der Waals surface area contributed by atoms with Crippen LogP contribution in [-0.4, -0.2) is 15.0 Å². The zero-order valence-corrected chi connectivity index (χ0v) is 30.9. The largest absolute Gasteiger partial charge is 0.486 e. The normalized spacial score (nSPS) is 14.5. The molecular weight excluding hydrogens is 779 g/mol. The van der Waals surface area contributed by atoms with Gasteiger partial charge < -0.3 is 14.4 Å². The maximum absolute atomic E-state index is 8.64. The Kier molecular flexibility index (Phi) is 8.38. The molecule has 0 N–H and O–H groups in total. The van der Waals surface area contributed by atoms with Crippen molar-refractivity contribution < 1.29 is 34.1 Å². The third kappa shape index (κ3) is 8.97. The number of benzene rings is 3. The first-order valence-corrected chi connectivity index (χ1v) is 15.9. The fourth-order valence-corrected chi connectivity index (χ4v) is 5.21. The Labute approximate surface area is 314 Å². The predicted octanol–water partition coefficient (Wildman–Crippen LogP) is 11.2. The van der Waals surface area contributed by atoms with Crippen molar-refractivity contribution in [1.82, 2.24) is 15.0 Å². The number of rotatable bonds is 5. The minimum absolute atomic E-state index is 0. The van der Waals surface area contributed by atoms with E-state index in [9.17, 15) is 0 Å². The maximum Gasteiger partial charge on any atom is 0.216 e. The number of nitrogens with zero attached hydrogens (tertiary/aromatic N) is 3. The van der Waals surface area contributed by atoms with E-state index in [1.165, 1.54) is 11.6 Å². The van der Waals surface area contributed by atoms with Crippen LogP contribution in [0.3, 0.4) is 0 Å². The molecule has 0 bridgehead atoms. The van der Waals surface area contributed by atoms with E-state index >= 15 is 0 Å². The van der Waals surface area contributed by atoms with Gasteiger partial charge in [-0.15, -0.1) is 53.6 Å². The molecule has 0 spiro atoms. The number of hydrogen-bond acceptors (Lipinski definition) is 4. The molecule has 0 unspecified atom stereocenters. The van der Waals surface area contributed by atoms with Gasteiger partial charge in [-0.25, -0.2) is 4.98 Å². The second kappa shape index (κ2) is 15.0. The molecule has 0 saturated carbocycles.